The van der Waals surface area contributed by atoms with Gasteiger partial charge < -0.3 is 0 Å². The maximum Gasteiger partial charge on any atom is 0.270 e. The molecule has 2 aromatic carbocycles. The average molecular weight is 373 g/mol. The lowest BCUT2D eigenvalue weighted by molar-refractivity contribution is -0.385. The van der Waals surface area contributed by atoms with Gasteiger partial charge in [-0.1, -0.05) is 24.3 Å². The molecule has 0 spiro atoms. The van der Waals surface area contributed by atoms with E-state index in [1.807, 2.05) is 0 Å². The highest BCUT2D eigenvalue weighted by atomic mass is 16.6. The summed E-state index contributed by atoms with van der Waals surface area (Å²) >= 11 is 0. The molecule has 9 nitrogen and oxygen atoms in total. The molecular weight excluding hydrogens is 362 g/mol. The molecule has 2 aromatic heterocycles. The molecule has 4 rings (SSSR count). The number of nitro groups is 2. The summed E-state index contributed by atoms with van der Waals surface area (Å²) in [5.74, 6) is 0. The van der Waals surface area contributed by atoms with Crippen molar-refractivity contribution in [2.24, 2.45) is 0 Å². The molecule has 0 N–H and O–H groups in total. The molecule has 0 fully saturated rings. The SMILES string of the molecule is O=[N+]([O-])c1cccc(-c2nc3ccncc3nc2-c2cccc([N+](=O)[O-])c2)c1. The van der Waals surface area contributed by atoms with E-state index in [1.165, 1.54) is 24.3 Å². The molecule has 0 bridgehead atoms. The Hall–Kier alpha value is -4.27. The average Bonchev–Trinajstić information content (AvgIpc) is 2.73. The van der Waals surface area contributed by atoms with Crippen LogP contribution in [0.4, 0.5) is 11.4 Å². The molecule has 0 unspecified atom stereocenters. The van der Waals surface area contributed by atoms with Gasteiger partial charge in [-0.25, -0.2) is 9.97 Å². The third kappa shape index (κ3) is 3.12. The van der Waals surface area contributed by atoms with Crippen LogP contribution in [0.3, 0.4) is 0 Å². The Labute approximate surface area is 157 Å². The lowest BCUT2D eigenvalue weighted by atomic mass is 10.0. The number of nitrogens with zero attached hydrogens (tertiary/aromatic N) is 5. The highest BCUT2D eigenvalue weighted by molar-refractivity contribution is 5.86. The van der Waals surface area contributed by atoms with Crippen LogP contribution in [-0.4, -0.2) is 24.8 Å². The summed E-state index contributed by atoms with van der Waals surface area (Å²) in [5, 5.41) is 22.3. The second kappa shape index (κ2) is 6.80. The molecule has 0 saturated heterocycles. The van der Waals surface area contributed by atoms with Gasteiger partial charge in [0, 0.05) is 41.6 Å². The molecule has 28 heavy (non-hydrogen) atoms. The van der Waals surface area contributed by atoms with Crippen molar-refractivity contribution in [1.82, 2.24) is 15.0 Å². The number of pyridine rings is 1. The largest absolute Gasteiger partial charge is 0.270 e. The van der Waals surface area contributed by atoms with E-state index in [1.54, 1.807) is 42.7 Å². The highest BCUT2D eigenvalue weighted by Crippen LogP contribution is 2.33. The molecule has 9 heteroatoms. The van der Waals surface area contributed by atoms with Crippen LogP contribution in [0.15, 0.2) is 67.0 Å². The fourth-order valence-electron chi connectivity index (χ4n) is 2.84. The predicted octanol–water partition coefficient (Wildman–Crippen LogP) is 4.18. The fourth-order valence-corrected chi connectivity index (χ4v) is 2.84. The van der Waals surface area contributed by atoms with E-state index in [-0.39, 0.29) is 11.4 Å². The van der Waals surface area contributed by atoms with Crippen molar-refractivity contribution in [3.05, 3.63) is 87.2 Å². The zero-order valence-electron chi connectivity index (χ0n) is 14.2. The molecule has 0 aliphatic carbocycles. The molecular formula is C19H11N5O4. The second-order valence-corrected chi connectivity index (χ2v) is 5.90. The summed E-state index contributed by atoms with van der Waals surface area (Å²) < 4.78 is 0. The maximum absolute atomic E-state index is 11.2. The smallest absolute Gasteiger partial charge is 0.262 e. The molecule has 4 aromatic rings. The van der Waals surface area contributed by atoms with Gasteiger partial charge in [0.15, 0.2) is 0 Å². The summed E-state index contributed by atoms with van der Waals surface area (Å²) in [5.41, 5.74) is 2.64. The summed E-state index contributed by atoms with van der Waals surface area (Å²) in [6.07, 6.45) is 3.11. The first-order chi connectivity index (χ1) is 13.5. The third-order valence-corrected chi connectivity index (χ3v) is 4.13. The van der Waals surface area contributed by atoms with Crippen LogP contribution >= 0.6 is 0 Å². The number of nitro benzene ring substituents is 2. The number of benzene rings is 2. The van der Waals surface area contributed by atoms with Crippen LogP contribution in [-0.2, 0) is 0 Å². The molecule has 0 atom stereocenters. The summed E-state index contributed by atoms with van der Waals surface area (Å²) in [6.45, 7) is 0. The Kier molecular flexibility index (Phi) is 4.17. The van der Waals surface area contributed by atoms with E-state index in [0.29, 0.717) is 33.5 Å². The van der Waals surface area contributed by atoms with Crippen molar-refractivity contribution in [1.29, 1.82) is 0 Å². The number of rotatable bonds is 4. The van der Waals surface area contributed by atoms with Crippen molar-refractivity contribution in [2.75, 3.05) is 0 Å². The standard InChI is InChI=1S/C19H11N5O4/c25-23(26)14-5-1-3-12(9-14)18-19(13-4-2-6-15(10-13)24(27)28)22-17-11-20-8-7-16(17)21-18/h1-11H. The summed E-state index contributed by atoms with van der Waals surface area (Å²) in [4.78, 5) is 34.5. The number of hydrogen-bond donors (Lipinski definition) is 0. The van der Waals surface area contributed by atoms with Crippen LogP contribution in [0.5, 0.6) is 0 Å². The number of aromatic nitrogens is 3. The van der Waals surface area contributed by atoms with Gasteiger partial charge in [-0.15, -0.1) is 0 Å². The quantitative estimate of drug-likeness (QED) is 0.388. The molecule has 0 amide bonds. The topological polar surface area (TPSA) is 125 Å². The Morgan fingerprint density at radius 2 is 1.25 bits per heavy atom. The number of non-ortho nitro benzene ring substituents is 2. The van der Waals surface area contributed by atoms with Gasteiger partial charge in [-0.3, -0.25) is 25.2 Å². The zero-order valence-corrected chi connectivity index (χ0v) is 14.2. The van der Waals surface area contributed by atoms with Gasteiger partial charge in [-0.05, 0) is 6.07 Å². The monoisotopic (exact) mass is 373 g/mol. The van der Waals surface area contributed by atoms with E-state index >= 15 is 0 Å². The molecule has 2 heterocycles. The van der Waals surface area contributed by atoms with Gasteiger partial charge in [0.05, 0.1) is 32.9 Å². The van der Waals surface area contributed by atoms with Crippen LogP contribution in [0, 0.1) is 20.2 Å². The summed E-state index contributed by atoms with van der Waals surface area (Å²) in [7, 11) is 0. The zero-order chi connectivity index (χ0) is 19.7. The van der Waals surface area contributed by atoms with Crippen molar-refractivity contribution in [3.8, 4) is 22.5 Å². The molecule has 136 valence electrons. The van der Waals surface area contributed by atoms with Gasteiger partial charge in [0.1, 0.15) is 5.52 Å². The van der Waals surface area contributed by atoms with Gasteiger partial charge >= 0.3 is 0 Å². The highest BCUT2D eigenvalue weighted by Gasteiger charge is 2.17. The van der Waals surface area contributed by atoms with Crippen LogP contribution in [0.25, 0.3) is 33.5 Å². The number of hydrogen-bond acceptors (Lipinski definition) is 7. The van der Waals surface area contributed by atoms with E-state index in [4.69, 9.17) is 0 Å². The van der Waals surface area contributed by atoms with Crippen molar-refractivity contribution in [2.45, 2.75) is 0 Å². The lowest BCUT2D eigenvalue weighted by Gasteiger charge is -2.10. The summed E-state index contributed by atoms with van der Waals surface area (Å²) in [6, 6.07) is 13.7. The normalized spacial score (nSPS) is 10.7. The van der Waals surface area contributed by atoms with E-state index < -0.39 is 9.85 Å². The third-order valence-electron chi connectivity index (χ3n) is 4.13. The van der Waals surface area contributed by atoms with Crippen LogP contribution < -0.4 is 0 Å². The van der Waals surface area contributed by atoms with Crippen molar-refractivity contribution >= 4 is 22.4 Å². The molecule has 0 aliphatic heterocycles. The van der Waals surface area contributed by atoms with Crippen molar-refractivity contribution < 1.29 is 9.85 Å². The Morgan fingerprint density at radius 3 is 1.79 bits per heavy atom. The Bertz CT molecular complexity index is 1150. The van der Waals surface area contributed by atoms with E-state index in [0.717, 1.165) is 0 Å². The van der Waals surface area contributed by atoms with Crippen LogP contribution in [0.1, 0.15) is 0 Å². The first-order valence-corrected chi connectivity index (χ1v) is 8.14. The lowest BCUT2D eigenvalue weighted by Crippen LogP contribution is -1.97. The van der Waals surface area contributed by atoms with E-state index in [2.05, 4.69) is 15.0 Å². The Balaban J connectivity index is 2.01. The first-order valence-electron chi connectivity index (χ1n) is 8.14. The first kappa shape index (κ1) is 17.2. The molecule has 0 aliphatic rings. The predicted molar refractivity (Wildman–Crippen MR) is 102 cm³/mol. The Morgan fingerprint density at radius 1 is 0.714 bits per heavy atom. The minimum absolute atomic E-state index is 0.0842. The van der Waals surface area contributed by atoms with E-state index in [9.17, 15) is 20.2 Å². The van der Waals surface area contributed by atoms with Gasteiger partial charge in [0.25, 0.3) is 11.4 Å². The van der Waals surface area contributed by atoms with Gasteiger partial charge in [-0.2, -0.15) is 0 Å². The minimum atomic E-state index is -0.493. The molecule has 0 saturated carbocycles. The second-order valence-electron chi connectivity index (χ2n) is 5.90. The van der Waals surface area contributed by atoms with Crippen LogP contribution in [0.2, 0.25) is 0 Å². The minimum Gasteiger partial charge on any atom is -0.262 e. The number of fused-ring (bicyclic) bond motifs is 1. The maximum atomic E-state index is 11.2. The van der Waals surface area contributed by atoms with Gasteiger partial charge in [0.2, 0.25) is 0 Å². The van der Waals surface area contributed by atoms with Crippen molar-refractivity contribution in [3.63, 3.8) is 0 Å². The molecule has 0 radical (unpaired) electrons. The fraction of sp³-hybridized carbons (Fsp3) is 0.